The summed E-state index contributed by atoms with van der Waals surface area (Å²) >= 11 is 1.48. The molecular weight excluding hydrogens is 518 g/mol. The first-order valence-corrected chi connectivity index (χ1v) is 12.4. The van der Waals surface area contributed by atoms with Crippen molar-refractivity contribution in [3.05, 3.63) is 42.0 Å². The van der Waals surface area contributed by atoms with E-state index in [0.717, 1.165) is 41.2 Å². The van der Waals surface area contributed by atoms with E-state index in [1.807, 2.05) is 18.2 Å². The van der Waals surface area contributed by atoms with E-state index in [0.29, 0.717) is 42.1 Å². The molecule has 1 saturated heterocycles. The first-order valence-electron chi connectivity index (χ1n) is 11.6. The fourth-order valence-electron chi connectivity index (χ4n) is 3.96. The molecule has 0 radical (unpaired) electrons. The Morgan fingerprint density at radius 1 is 1.05 bits per heavy atom. The molecule has 0 N–H and O–H groups in total. The highest BCUT2D eigenvalue weighted by Gasteiger charge is 2.21. The molecular formula is C26H32ClN3O6S. The van der Waals surface area contributed by atoms with Gasteiger partial charge in [-0.15, -0.1) is 12.4 Å². The number of aromatic nitrogens is 1. The Balaban J connectivity index is 0.00000380. The minimum atomic E-state index is -0.164. The molecule has 0 spiro atoms. The second-order valence-corrected chi connectivity index (χ2v) is 9.08. The Bertz CT molecular complexity index is 1200. The summed E-state index contributed by atoms with van der Waals surface area (Å²) in [6, 6.07) is 9.34. The van der Waals surface area contributed by atoms with Crippen molar-refractivity contribution >= 4 is 51.1 Å². The number of halogens is 1. The Labute approximate surface area is 226 Å². The van der Waals surface area contributed by atoms with E-state index < -0.39 is 0 Å². The Morgan fingerprint density at radius 2 is 1.76 bits per heavy atom. The number of thiazole rings is 1. The lowest BCUT2D eigenvalue weighted by atomic mass is 10.1. The smallest absolute Gasteiger partial charge is 0.252 e. The molecule has 0 aliphatic carbocycles. The predicted octanol–water partition coefficient (Wildman–Crippen LogP) is 4.13. The second-order valence-electron chi connectivity index (χ2n) is 8.07. The molecule has 1 amide bonds. The monoisotopic (exact) mass is 549 g/mol. The summed E-state index contributed by atoms with van der Waals surface area (Å²) in [6.07, 6.45) is 3.29. The van der Waals surface area contributed by atoms with Crippen LogP contribution < -0.4 is 23.8 Å². The SMILES string of the molecule is COc1ccc2sc(N(CCN3CCOCC3)C(=O)/C=C/c3cc(OC)c(OC)c(OC)c3)nc2c1.Cl. The summed E-state index contributed by atoms with van der Waals surface area (Å²) in [7, 11) is 6.30. The van der Waals surface area contributed by atoms with Gasteiger partial charge in [-0.3, -0.25) is 14.6 Å². The number of methoxy groups -OCH3 is 4. The van der Waals surface area contributed by atoms with Crippen LogP contribution in [0.15, 0.2) is 36.4 Å². The van der Waals surface area contributed by atoms with Crippen LogP contribution in [0.25, 0.3) is 16.3 Å². The molecule has 3 aromatic rings. The van der Waals surface area contributed by atoms with E-state index in [9.17, 15) is 4.79 Å². The molecule has 4 rings (SSSR count). The average Bonchev–Trinajstić information content (AvgIpc) is 3.34. The number of nitrogens with zero attached hydrogens (tertiary/aromatic N) is 3. The second kappa shape index (κ2) is 13.5. The lowest BCUT2D eigenvalue weighted by Gasteiger charge is -2.28. The topological polar surface area (TPSA) is 82.6 Å². The van der Waals surface area contributed by atoms with Crippen molar-refractivity contribution in [3.63, 3.8) is 0 Å². The first kappa shape index (κ1) is 28.5. The largest absolute Gasteiger partial charge is 0.497 e. The van der Waals surface area contributed by atoms with E-state index in [1.54, 1.807) is 57.6 Å². The number of benzene rings is 2. The molecule has 2 aromatic carbocycles. The molecule has 11 heteroatoms. The molecule has 200 valence electrons. The van der Waals surface area contributed by atoms with Crippen molar-refractivity contribution in [3.8, 4) is 23.0 Å². The number of hydrogen-bond acceptors (Lipinski definition) is 9. The molecule has 0 saturated carbocycles. The van der Waals surface area contributed by atoms with Crippen molar-refractivity contribution in [2.24, 2.45) is 0 Å². The number of morpholine rings is 1. The number of hydrogen-bond donors (Lipinski definition) is 0. The van der Waals surface area contributed by atoms with Gasteiger partial charge in [0.25, 0.3) is 5.91 Å². The number of anilines is 1. The zero-order valence-corrected chi connectivity index (χ0v) is 23.0. The molecule has 9 nitrogen and oxygen atoms in total. The van der Waals surface area contributed by atoms with Crippen molar-refractivity contribution in [2.45, 2.75) is 0 Å². The minimum Gasteiger partial charge on any atom is -0.497 e. The number of ether oxygens (including phenoxy) is 5. The van der Waals surface area contributed by atoms with Gasteiger partial charge in [0.1, 0.15) is 5.75 Å². The molecule has 0 unspecified atom stereocenters. The fraction of sp³-hybridized carbons (Fsp3) is 0.385. The van der Waals surface area contributed by atoms with Crippen LogP contribution in [0.1, 0.15) is 5.56 Å². The molecule has 1 fully saturated rings. The van der Waals surface area contributed by atoms with Gasteiger partial charge in [0.15, 0.2) is 16.6 Å². The van der Waals surface area contributed by atoms with Crippen molar-refractivity contribution < 1.29 is 28.5 Å². The van der Waals surface area contributed by atoms with Crippen molar-refractivity contribution in [1.29, 1.82) is 0 Å². The number of rotatable bonds is 10. The van der Waals surface area contributed by atoms with Crippen LogP contribution in [0, 0.1) is 0 Å². The fourth-order valence-corrected chi connectivity index (χ4v) is 4.94. The molecule has 0 atom stereocenters. The van der Waals surface area contributed by atoms with Crippen LogP contribution in [-0.4, -0.2) is 83.6 Å². The Morgan fingerprint density at radius 3 is 2.38 bits per heavy atom. The predicted molar refractivity (Wildman–Crippen MR) is 148 cm³/mol. The molecule has 1 aliphatic rings. The van der Waals surface area contributed by atoms with E-state index in [2.05, 4.69) is 4.90 Å². The van der Waals surface area contributed by atoms with Gasteiger partial charge < -0.3 is 23.7 Å². The molecule has 0 bridgehead atoms. The van der Waals surface area contributed by atoms with Crippen LogP contribution >= 0.6 is 23.7 Å². The van der Waals surface area contributed by atoms with E-state index in [-0.39, 0.29) is 18.3 Å². The van der Waals surface area contributed by atoms with Gasteiger partial charge in [-0.2, -0.15) is 0 Å². The maximum absolute atomic E-state index is 13.5. The van der Waals surface area contributed by atoms with Gasteiger partial charge in [-0.1, -0.05) is 11.3 Å². The maximum atomic E-state index is 13.5. The summed E-state index contributed by atoms with van der Waals surface area (Å²) < 4.78 is 28.0. The lowest BCUT2D eigenvalue weighted by Crippen LogP contribution is -2.42. The molecule has 1 aliphatic heterocycles. The van der Waals surface area contributed by atoms with Gasteiger partial charge in [0.05, 0.1) is 51.9 Å². The van der Waals surface area contributed by atoms with Crippen LogP contribution in [0.2, 0.25) is 0 Å². The van der Waals surface area contributed by atoms with Gasteiger partial charge in [0, 0.05) is 38.3 Å². The summed E-state index contributed by atoms with van der Waals surface area (Å²) in [5.41, 5.74) is 1.55. The van der Waals surface area contributed by atoms with Crippen molar-refractivity contribution in [2.75, 3.05) is 72.7 Å². The zero-order valence-electron chi connectivity index (χ0n) is 21.4. The zero-order chi connectivity index (χ0) is 25.5. The maximum Gasteiger partial charge on any atom is 0.252 e. The number of carbonyl (C=O) groups is 1. The van der Waals surface area contributed by atoms with Crippen LogP contribution in [0.4, 0.5) is 5.13 Å². The standard InChI is InChI=1S/C26H31N3O6S.ClH/c1-31-19-6-7-23-20(17-19)27-26(36-23)29(10-9-28-11-13-35-14-12-28)24(30)8-5-18-15-21(32-2)25(34-4)22(16-18)33-3;/h5-8,15-17H,9-14H2,1-4H3;1H/b8-5+;. The van der Waals surface area contributed by atoms with E-state index in [1.165, 1.54) is 11.3 Å². The lowest BCUT2D eigenvalue weighted by molar-refractivity contribution is -0.114. The number of carbonyl (C=O) groups excluding carboxylic acids is 1. The average molecular weight is 550 g/mol. The summed E-state index contributed by atoms with van der Waals surface area (Å²) in [5, 5.41) is 0.644. The highest BCUT2D eigenvalue weighted by atomic mass is 35.5. The third kappa shape index (κ3) is 6.84. The quantitative estimate of drug-likeness (QED) is 0.349. The molecule has 1 aromatic heterocycles. The van der Waals surface area contributed by atoms with Crippen molar-refractivity contribution in [1.82, 2.24) is 9.88 Å². The van der Waals surface area contributed by atoms with Gasteiger partial charge in [-0.25, -0.2) is 4.98 Å². The third-order valence-electron chi connectivity index (χ3n) is 5.93. The molecule has 2 heterocycles. The molecule has 37 heavy (non-hydrogen) atoms. The van der Waals surface area contributed by atoms with E-state index >= 15 is 0 Å². The van der Waals surface area contributed by atoms with Gasteiger partial charge >= 0.3 is 0 Å². The Kier molecular flexibility index (Phi) is 10.4. The highest BCUT2D eigenvalue weighted by molar-refractivity contribution is 7.22. The van der Waals surface area contributed by atoms with E-state index in [4.69, 9.17) is 28.7 Å². The summed E-state index contributed by atoms with van der Waals surface area (Å²) in [4.78, 5) is 22.2. The van der Waals surface area contributed by atoms with Gasteiger partial charge in [-0.05, 0) is 35.9 Å². The Hall–Kier alpha value is -3.05. The van der Waals surface area contributed by atoms with Crippen LogP contribution in [0.5, 0.6) is 23.0 Å². The normalized spacial score (nSPS) is 13.8. The highest BCUT2D eigenvalue weighted by Crippen LogP contribution is 2.38. The van der Waals surface area contributed by atoms with Crippen LogP contribution in [0.3, 0.4) is 0 Å². The minimum absolute atomic E-state index is 0. The summed E-state index contributed by atoms with van der Waals surface area (Å²) in [6.45, 7) is 4.34. The van der Waals surface area contributed by atoms with Crippen LogP contribution in [-0.2, 0) is 9.53 Å². The number of fused-ring (bicyclic) bond motifs is 1. The number of amides is 1. The first-order chi connectivity index (χ1) is 17.6. The van der Waals surface area contributed by atoms with Gasteiger partial charge in [0.2, 0.25) is 5.75 Å². The third-order valence-corrected chi connectivity index (χ3v) is 6.99. The summed E-state index contributed by atoms with van der Waals surface area (Å²) in [5.74, 6) is 2.11.